The first-order valence-electron chi connectivity index (χ1n) is 8.61. The van der Waals surface area contributed by atoms with E-state index in [0.717, 1.165) is 12.3 Å². The van der Waals surface area contributed by atoms with Gasteiger partial charge < -0.3 is 4.42 Å². The first kappa shape index (κ1) is 15.9. The molecule has 2 fully saturated rings. The summed E-state index contributed by atoms with van der Waals surface area (Å²) in [4.78, 5) is 11.9. The molecule has 0 amide bonds. The van der Waals surface area contributed by atoms with Gasteiger partial charge in [0, 0.05) is 19.2 Å². The first-order chi connectivity index (χ1) is 11.5. The van der Waals surface area contributed by atoms with Crippen LogP contribution in [0.3, 0.4) is 0 Å². The van der Waals surface area contributed by atoms with E-state index in [4.69, 9.17) is 4.42 Å². The van der Waals surface area contributed by atoms with Gasteiger partial charge in [0.05, 0.1) is 10.4 Å². The minimum Gasteiger partial charge on any atom is -0.408 e. The van der Waals surface area contributed by atoms with Crippen molar-refractivity contribution in [2.24, 2.45) is 17.8 Å². The van der Waals surface area contributed by atoms with E-state index < -0.39 is 15.8 Å². The smallest absolute Gasteiger partial charge is 0.408 e. The molecule has 1 aromatic carbocycles. The van der Waals surface area contributed by atoms with Crippen LogP contribution in [0.4, 0.5) is 0 Å². The maximum absolute atomic E-state index is 12.6. The van der Waals surface area contributed by atoms with Crippen molar-refractivity contribution >= 4 is 21.1 Å². The molecule has 1 heterocycles. The monoisotopic (exact) mass is 350 g/mol. The lowest BCUT2D eigenvalue weighted by Crippen LogP contribution is -2.31. The Morgan fingerprint density at radius 1 is 1.29 bits per heavy atom. The molecular formula is C17H22N2O4S. The van der Waals surface area contributed by atoms with E-state index >= 15 is 0 Å². The van der Waals surface area contributed by atoms with Crippen molar-refractivity contribution in [1.82, 2.24) is 9.29 Å². The molecule has 1 aromatic heterocycles. The average Bonchev–Trinajstić information content (AvgIpc) is 3.25. The van der Waals surface area contributed by atoms with Crippen LogP contribution in [0.15, 0.2) is 32.3 Å². The second kappa shape index (κ2) is 5.74. The number of sulfonamides is 1. The van der Waals surface area contributed by atoms with E-state index in [-0.39, 0.29) is 4.90 Å². The highest BCUT2D eigenvalue weighted by atomic mass is 32.2. The highest BCUT2D eigenvalue weighted by Gasteiger charge is 2.39. The second-order valence-corrected chi connectivity index (χ2v) is 8.80. The number of fused-ring (bicyclic) bond motifs is 3. The third kappa shape index (κ3) is 2.59. The summed E-state index contributed by atoms with van der Waals surface area (Å²) >= 11 is 0. The first-order valence-corrected chi connectivity index (χ1v) is 10.1. The van der Waals surface area contributed by atoms with E-state index in [2.05, 4.69) is 4.72 Å². The number of oxazole rings is 1. The fourth-order valence-corrected chi connectivity index (χ4v) is 5.55. The lowest BCUT2D eigenvalue weighted by molar-refractivity contribution is 0.333. The summed E-state index contributed by atoms with van der Waals surface area (Å²) in [6, 6.07) is 4.61. The highest BCUT2D eigenvalue weighted by Crippen LogP contribution is 2.48. The minimum atomic E-state index is -3.59. The van der Waals surface area contributed by atoms with Gasteiger partial charge in [0.15, 0.2) is 5.58 Å². The molecule has 2 aliphatic rings. The molecule has 0 spiro atoms. The predicted octanol–water partition coefficient (Wildman–Crippen LogP) is 2.33. The molecule has 4 rings (SSSR count). The molecule has 3 atom stereocenters. The van der Waals surface area contributed by atoms with Crippen LogP contribution in [-0.4, -0.2) is 19.5 Å². The van der Waals surface area contributed by atoms with Crippen molar-refractivity contribution < 1.29 is 12.8 Å². The van der Waals surface area contributed by atoms with Crippen LogP contribution < -0.4 is 10.5 Å². The van der Waals surface area contributed by atoms with Crippen LogP contribution in [0.2, 0.25) is 0 Å². The van der Waals surface area contributed by atoms with Gasteiger partial charge in [-0.1, -0.05) is 6.42 Å². The van der Waals surface area contributed by atoms with E-state index in [9.17, 15) is 13.2 Å². The molecule has 2 aliphatic carbocycles. The van der Waals surface area contributed by atoms with Gasteiger partial charge in [0.2, 0.25) is 10.0 Å². The van der Waals surface area contributed by atoms with Crippen molar-refractivity contribution in [2.75, 3.05) is 6.54 Å². The third-order valence-electron chi connectivity index (χ3n) is 5.69. The van der Waals surface area contributed by atoms with E-state index in [1.54, 1.807) is 6.07 Å². The Bertz CT molecular complexity index is 928. The summed E-state index contributed by atoms with van der Waals surface area (Å²) in [6.07, 6.45) is 4.94. The van der Waals surface area contributed by atoms with Crippen LogP contribution in [0, 0.1) is 17.8 Å². The SMILES string of the molecule is CCn1c(=O)oc2cc(S(=O)(=O)NC[C@H]3C[C@H]4CC[C@H]3C4)ccc21. The third-order valence-corrected chi connectivity index (χ3v) is 7.11. The van der Waals surface area contributed by atoms with Crippen LogP contribution in [-0.2, 0) is 16.6 Å². The van der Waals surface area contributed by atoms with Gasteiger partial charge in [-0.25, -0.2) is 17.9 Å². The van der Waals surface area contributed by atoms with E-state index in [0.29, 0.717) is 36.0 Å². The molecule has 0 saturated heterocycles. The Kier molecular flexibility index (Phi) is 3.80. The van der Waals surface area contributed by atoms with Crippen LogP contribution in [0.25, 0.3) is 11.1 Å². The average molecular weight is 350 g/mol. The standard InChI is InChI=1S/C17H22N2O4S/c1-2-19-15-6-5-14(9-16(15)23-17(19)20)24(21,22)18-10-13-8-11-3-4-12(13)7-11/h5-6,9,11-13,18H,2-4,7-8,10H2,1H3/t11-,12-,13+/m0/s1. The fraction of sp³-hybridized carbons (Fsp3) is 0.588. The second-order valence-electron chi connectivity index (χ2n) is 7.03. The van der Waals surface area contributed by atoms with Crippen molar-refractivity contribution in [2.45, 2.75) is 44.0 Å². The van der Waals surface area contributed by atoms with Crippen molar-refractivity contribution in [1.29, 1.82) is 0 Å². The van der Waals surface area contributed by atoms with Gasteiger partial charge in [0.25, 0.3) is 0 Å². The van der Waals surface area contributed by atoms with Gasteiger partial charge in [-0.2, -0.15) is 0 Å². The molecule has 24 heavy (non-hydrogen) atoms. The van der Waals surface area contributed by atoms with Crippen LogP contribution in [0.5, 0.6) is 0 Å². The number of rotatable bonds is 5. The van der Waals surface area contributed by atoms with Crippen molar-refractivity contribution in [3.8, 4) is 0 Å². The molecule has 2 aromatic rings. The van der Waals surface area contributed by atoms with Gasteiger partial charge in [-0.05, 0) is 56.1 Å². The molecule has 130 valence electrons. The minimum absolute atomic E-state index is 0.148. The Morgan fingerprint density at radius 3 is 2.79 bits per heavy atom. The van der Waals surface area contributed by atoms with Crippen molar-refractivity contribution in [3.63, 3.8) is 0 Å². The Morgan fingerprint density at radius 2 is 2.12 bits per heavy atom. The Hall–Kier alpha value is -1.60. The van der Waals surface area contributed by atoms with Crippen LogP contribution in [0.1, 0.15) is 32.6 Å². The quantitative estimate of drug-likeness (QED) is 0.897. The molecule has 0 aliphatic heterocycles. The maximum atomic E-state index is 12.6. The number of nitrogens with one attached hydrogen (secondary N) is 1. The lowest BCUT2D eigenvalue weighted by atomic mass is 9.89. The molecule has 2 saturated carbocycles. The molecular weight excluding hydrogens is 328 g/mol. The summed E-state index contributed by atoms with van der Waals surface area (Å²) in [7, 11) is -3.59. The summed E-state index contributed by atoms with van der Waals surface area (Å²) in [5, 5.41) is 0. The number of hydrogen-bond donors (Lipinski definition) is 1. The molecule has 7 heteroatoms. The Labute approximate surface area is 140 Å². The number of hydrogen-bond acceptors (Lipinski definition) is 4. The zero-order valence-electron chi connectivity index (χ0n) is 13.7. The van der Waals surface area contributed by atoms with E-state index in [1.165, 1.54) is 36.0 Å². The lowest BCUT2D eigenvalue weighted by Gasteiger charge is -2.21. The number of nitrogens with zero attached hydrogens (tertiary/aromatic N) is 1. The maximum Gasteiger partial charge on any atom is 0.419 e. The van der Waals surface area contributed by atoms with Crippen LogP contribution >= 0.6 is 0 Å². The van der Waals surface area contributed by atoms with Gasteiger partial charge in [-0.3, -0.25) is 4.57 Å². The number of aromatic nitrogens is 1. The molecule has 0 radical (unpaired) electrons. The summed E-state index contributed by atoms with van der Waals surface area (Å²) < 4.78 is 34.5. The summed E-state index contributed by atoms with van der Waals surface area (Å²) in [6.45, 7) is 2.83. The number of benzene rings is 1. The van der Waals surface area contributed by atoms with Gasteiger partial charge >= 0.3 is 5.76 Å². The zero-order valence-corrected chi connectivity index (χ0v) is 14.5. The Balaban J connectivity index is 1.55. The predicted molar refractivity (Wildman–Crippen MR) is 90.3 cm³/mol. The topological polar surface area (TPSA) is 81.3 Å². The van der Waals surface area contributed by atoms with E-state index in [1.807, 2.05) is 6.92 Å². The van der Waals surface area contributed by atoms with Gasteiger partial charge in [-0.15, -0.1) is 0 Å². The molecule has 6 nitrogen and oxygen atoms in total. The van der Waals surface area contributed by atoms with Crippen molar-refractivity contribution in [3.05, 3.63) is 28.7 Å². The highest BCUT2D eigenvalue weighted by molar-refractivity contribution is 7.89. The zero-order chi connectivity index (χ0) is 16.9. The fourth-order valence-electron chi connectivity index (χ4n) is 4.44. The molecule has 2 bridgehead atoms. The van der Waals surface area contributed by atoms with Gasteiger partial charge in [0.1, 0.15) is 0 Å². The summed E-state index contributed by atoms with van der Waals surface area (Å²) in [5.41, 5.74) is 0.930. The molecule has 0 unspecified atom stereocenters. The number of aryl methyl sites for hydroxylation is 1. The largest absolute Gasteiger partial charge is 0.419 e. The summed E-state index contributed by atoms with van der Waals surface area (Å²) in [5.74, 6) is 1.47. The molecule has 1 N–H and O–H groups in total. The normalized spacial score (nSPS) is 26.5.